The van der Waals surface area contributed by atoms with E-state index in [-0.39, 0.29) is 0 Å². The minimum atomic E-state index is 0.419. The van der Waals surface area contributed by atoms with Crippen molar-refractivity contribution in [1.82, 2.24) is 15.1 Å². The topological polar surface area (TPSA) is 39.1 Å². The van der Waals surface area contributed by atoms with Crippen LogP contribution in [0.1, 0.15) is 19.8 Å². The van der Waals surface area contributed by atoms with Crippen LogP contribution in [0.4, 0.5) is 0 Å². The quantitative estimate of drug-likeness (QED) is 0.765. The molecule has 1 N–H and O–H groups in total. The second-order valence-electron chi connectivity index (χ2n) is 4.87. The lowest BCUT2D eigenvalue weighted by Crippen LogP contribution is -2.37. The average Bonchev–Trinajstić information content (AvgIpc) is 2.78. The maximum Gasteiger partial charge on any atom is 0.0533 e. The fourth-order valence-electron chi connectivity index (χ4n) is 2.06. The SMILES string of the molecule is CC1(CNCCn2cccn2)CCOCC1. The highest BCUT2D eigenvalue weighted by Crippen LogP contribution is 2.28. The van der Waals surface area contributed by atoms with Gasteiger partial charge in [-0.1, -0.05) is 6.92 Å². The van der Waals surface area contributed by atoms with Gasteiger partial charge in [0, 0.05) is 38.7 Å². The summed E-state index contributed by atoms with van der Waals surface area (Å²) in [6.45, 7) is 7.18. The zero-order valence-electron chi connectivity index (χ0n) is 9.98. The molecule has 0 aliphatic carbocycles. The molecule has 0 unspecified atom stereocenters. The van der Waals surface area contributed by atoms with Crippen LogP contribution in [0.2, 0.25) is 0 Å². The summed E-state index contributed by atoms with van der Waals surface area (Å²) >= 11 is 0. The molecule has 4 nitrogen and oxygen atoms in total. The van der Waals surface area contributed by atoms with E-state index < -0.39 is 0 Å². The smallest absolute Gasteiger partial charge is 0.0533 e. The molecule has 1 aromatic rings. The Morgan fingerprint density at radius 3 is 2.94 bits per heavy atom. The Morgan fingerprint density at radius 1 is 1.44 bits per heavy atom. The van der Waals surface area contributed by atoms with Crippen LogP contribution in [0.3, 0.4) is 0 Å². The van der Waals surface area contributed by atoms with E-state index >= 15 is 0 Å². The average molecular weight is 223 g/mol. The van der Waals surface area contributed by atoms with Crippen molar-refractivity contribution in [3.05, 3.63) is 18.5 Å². The molecule has 0 atom stereocenters. The van der Waals surface area contributed by atoms with Gasteiger partial charge in [-0.25, -0.2) is 0 Å². The molecule has 1 fully saturated rings. The Labute approximate surface area is 97.0 Å². The molecule has 1 aromatic heterocycles. The second-order valence-corrected chi connectivity index (χ2v) is 4.87. The largest absolute Gasteiger partial charge is 0.381 e. The summed E-state index contributed by atoms with van der Waals surface area (Å²) in [5.41, 5.74) is 0.419. The van der Waals surface area contributed by atoms with Crippen molar-refractivity contribution < 1.29 is 4.74 Å². The van der Waals surface area contributed by atoms with Gasteiger partial charge in [-0.2, -0.15) is 5.10 Å². The third-order valence-electron chi connectivity index (χ3n) is 3.33. The van der Waals surface area contributed by atoms with Crippen molar-refractivity contribution in [3.63, 3.8) is 0 Å². The van der Waals surface area contributed by atoms with Gasteiger partial charge in [-0.3, -0.25) is 4.68 Å². The van der Waals surface area contributed by atoms with Gasteiger partial charge >= 0.3 is 0 Å². The number of hydrogen-bond donors (Lipinski definition) is 1. The molecule has 4 heteroatoms. The number of ether oxygens (including phenoxy) is 1. The minimum absolute atomic E-state index is 0.419. The molecule has 1 saturated heterocycles. The van der Waals surface area contributed by atoms with E-state index in [2.05, 4.69) is 17.3 Å². The van der Waals surface area contributed by atoms with Crippen LogP contribution in [-0.2, 0) is 11.3 Å². The van der Waals surface area contributed by atoms with E-state index in [1.54, 1.807) is 0 Å². The number of rotatable bonds is 5. The highest BCUT2D eigenvalue weighted by molar-refractivity contribution is 4.80. The number of nitrogens with one attached hydrogen (secondary N) is 1. The first-order valence-electron chi connectivity index (χ1n) is 6.04. The highest BCUT2D eigenvalue weighted by atomic mass is 16.5. The summed E-state index contributed by atoms with van der Waals surface area (Å²) < 4.78 is 7.35. The number of aromatic nitrogens is 2. The number of hydrogen-bond acceptors (Lipinski definition) is 3. The molecule has 0 amide bonds. The van der Waals surface area contributed by atoms with Crippen molar-refractivity contribution in [1.29, 1.82) is 0 Å². The van der Waals surface area contributed by atoms with Gasteiger partial charge < -0.3 is 10.1 Å². The Hall–Kier alpha value is -0.870. The van der Waals surface area contributed by atoms with Crippen LogP contribution in [-0.4, -0.2) is 36.1 Å². The highest BCUT2D eigenvalue weighted by Gasteiger charge is 2.26. The molecule has 90 valence electrons. The Kier molecular flexibility index (Phi) is 3.96. The molecule has 2 rings (SSSR count). The van der Waals surface area contributed by atoms with Crippen molar-refractivity contribution in [2.45, 2.75) is 26.3 Å². The van der Waals surface area contributed by atoms with E-state index in [9.17, 15) is 0 Å². The lowest BCUT2D eigenvalue weighted by molar-refractivity contribution is 0.0241. The predicted molar refractivity (Wildman–Crippen MR) is 63.3 cm³/mol. The molecule has 0 bridgehead atoms. The van der Waals surface area contributed by atoms with Gasteiger partial charge in [-0.05, 0) is 24.3 Å². The summed E-state index contributed by atoms with van der Waals surface area (Å²) in [6, 6.07) is 1.96. The van der Waals surface area contributed by atoms with E-state index in [1.807, 2.05) is 23.1 Å². The maximum atomic E-state index is 5.39. The van der Waals surface area contributed by atoms with Crippen LogP contribution < -0.4 is 5.32 Å². The van der Waals surface area contributed by atoms with E-state index in [0.29, 0.717) is 5.41 Å². The number of nitrogens with zero attached hydrogens (tertiary/aromatic N) is 2. The van der Waals surface area contributed by atoms with Gasteiger partial charge in [0.2, 0.25) is 0 Å². The first-order valence-corrected chi connectivity index (χ1v) is 6.04. The van der Waals surface area contributed by atoms with E-state index in [4.69, 9.17) is 4.74 Å². The predicted octanol–water partition coefficient (Wildman–Crippen LogP) is 1.29. The van der Waals surface area contributed by atoms with Gasteiger partial charge in [0.25, 0.3) is 0 Å². The standard InChI is InChI=1S/C12H21N3O/c1-12(3-9-16-10-4-12)11-13-6-8-15-7-2-5-14-15/h2,5,7,13H,3-4,6,8-11H2,1H3. The zero-order valence-corrected chi connectivity index (χ0v) is 9.98. The molecule has 0 spiro atoms. The molecule has 2 heterocycles. The molecule has 1 aliphatic rings. The summed E-state index contributed by atoms with van der Waals surface area (Å²) in [4.78, 5) is 0. The molecular formula is C12H21N3O. The summed E-state index contributed by atoms with van der Waals surface area (Å²) in [5.74, 6) is 0. The van der Waals surface area contributed by atoms with Gasteiger partial charge in [0.15, 0.2) is 0 Å². The Bertz CT molecular complexity index is 291. The normalized spacial score (nSPS) is 19.8. The van der Waals surface area contributed by atoms with Gasteiger partial charge in [0.05, 0.1) is 6.54 Å². The molecule has 0 saturated carbocycles. The monoisotopic (exact) mass is 223 g/mol. The third kappa shape index (κ3) is 3.32. The van der Waals surface area contributed by atoms with Gasteiger partial charge in [-0.15, -0.1) is 0 Å². The summed E-state index contributed by atoms with van der Waals surface area (Å²) in [6.07, 6.45) is 6.15. The lowest BCUT2D eigenvalue weighted by atomic mass is 9.82. The molecule has 16 heavy (non-hydrogen) atoms. The first-order chi connectivity index (χ1) is 7.79. The fraction of sp³-hybridized carbons (Fsp3) is 0.750. The van der Waals surface area contributed by atoms with Crippen LogP contribution >= 0.6 is 0 Å². The summed E-state index contributed by atoms with van der Waals surface area (Å²) in [7, 11) is 0. The lowest BCUT2D eigenvalue weighted by Gasteiger charge is -2.33. The molecular weight excluding hydrogens is 202 g/mol. The van der Waals surface area contributed by atoms with Crippen molar-refractivity contribution in [3.8, 4) is 0 Å². The van der Waals surface area contributed by atoms with E-state index in [1.165, 1.54) is 12.8 Å². The molecule has 0 radical (unpaired) electrons. The fourth-order valence-corrected chi connectivity index (χ4v) is 2.06. The second kappa shape index (κ2) is 5.46. The maximum absolute atomic E-state index is 5.39. The first kappa shape index (κ1) is 11.6. The zero-order chi connectivity index (χ0) is 11.3. The van der Waals surface area contributed by atoms with Crippen LogP contribution in [0.15, 0.2) is 18.5 Å². The molecule has 1 aliphatic heterocycles. The van der Waals surface area contributed by atoms with Gasteiger partial charge in [0.1, 0.15) is 0 Å². The van der Waals surface area contributed by atoms with Crippen LogP contribution in [0.25, 0.3) is 0 Å². The van der Waals surface area contributed by atoms with Crippen LogP contribution in [0.5, 0.6) is 0 Å². The third-order valence-corrected chi connectivity index (χ3v) is 3.33. The summed E-state index contributed by atoms with van der Waals surface area (Å²) in [5, 5.41) is 7.69. The van der Waals surface area contributed by atoms with E-state index in [0.717, 1.165) is 32.8 Å². The van der Waals surface area contributed by atoms with Crippen molar-refractivity contribution in [2.75, 3.05) is 26.3 Å². The Balaban J connectivity index is 1.63. The van der Waals surface area contributed by atoms with Crippen molar-refractivity contribution in [2.24, 2.45) is 5.41 Å². The van der Waals surface area contributed by atoms with Crippen LogP contribution in [0, 0.1) is 5.41 Å². The van der Waals surface area contributed by atoms with Crippen molar-refractivity contribution >= 4 is 0 Å². The minimum Gasteiger partial charge on any atom is -0.381 e. The molecule has 0 aromatic carbocycles. The Morgan fingerprint density at radius 2 is 2.25 bits per heavy atom.